The van der Waals surface area contributed by atoms with E-state index in [1.807, 2.05) is 18.2 Å². The van der Waals surface area contributed by atoms with E-state index in [0.29, 0.717) is 23.2 Å². The van der Waals surface area contributed by atoms with Crippen molar-refractivity contribution in [3.63, 3.8) is 0 Å². The quantitative estimate of drug-likeness (QED) is 0.720. The molecule has 164 valence electrons. The summed E-state index contributed by atoms with van der Waals surface area (Å²) in [6.45, 7) is 10.6. The van der Waals surface area contributed by atoms with E-state index >= 15 is 0 Å². The fourth-order valence-corrected chi connectivity index (χ4v) is 4.11. The van der Waals surface area contributed by atoms with Crippen LogP contribution in [0.1, 0.15) is 62.5 Å². The predicted molar refractivity (Wildman–Crippen MR) is 118 cm³/mol. The first-order valence-corrected chi connectivity index (χ1v) is 10.7. The molecule has 1 aliphatic heterocycles. The minimum absolute atomic E-state index is 0.0825. The zero-order chi connectivity index (χ0) is 21.8. The Morgan fingerprint density at radius 2 is 1.80 bits per heavy atom. The van der Waals surface area contributed by atoms with Crippen molar-refractivity contribution in [2.45, 2.75) is 58.5 Å². The van der Waals surface area contributed by atoms with Crippen LogP contribution in [-0.4, -0.2) is 60.4 Å². The Hall–Kier alpha value is -2.54. The maximum absolute atomic E-state index is 13.1. The van der Waals surface area contributed by atoms with E-state index < -0.39 is 0 Å². The van der Waals surface area contributed by atoms with Gasteiger partial charge in [-0.2, -0.15) is 5.10 Å². The van der Waals surface area contributed by atoms with Gasteiger partial charge in [0.2, 0.25) is 0 Å². The normalized spacial score (nSPS) is 15.6. The van der Waals surface area contributed by atoms with E-state index in [9.17, 15) is 4.79 Å². The van der Waals surface area contributed by atoms with E-state index in [-0.39, 0.29) is 17.9 Å². The molecule has 0 unspecified atom stereocenters. The molecular formula is C23H34N4O3. The van der Waals surface area contributed by atoms with E-state index in [1.165, 1.54) is 0 Å². The van der Waals surface area contributed by atoms with Gasteiger partial charge in [0, 0.05) is 36.3 Å². The summed E-state index contributed by atoms with van der Waals surface area (Å²) in [5.41, 5.74) is 3.11. The number of likely N-dealkylation sites (tertiary alicyclic amines) is 1. The van der Waals surface area contributed by atoms with Gasteiger partial charge >= 0.3 is 0 Å². The van der Waals surface area contributed by atoms with Crippen LogP contribution in [0, 0.1) is 0 Å². The molecule has 1 aromatic heterocycles. The molecule has 3 rings (SSSR count). The lowest BCUT2D eigenvalue weighted by Gasteiger charge is -2.34. The highest BCUT2D eigenvalue weighted by molar-refractivity contribution is 5.96. The molecule has 7 nitrogen and oxygen atoms in total. The first-order chi connectivity index (χ1) is 14.3. The molecule has 0 atom stereocenters. The number of H-pyrrole nitrogens is 1. The molecule has 2 aromatic rings. The number of ether oxygens (including phenoxy) is 2. The van der Waals surface area contributed by atoms with E-state index in [4.69, 9.17) is 9.47 Å². The van der Waals surface area contributed by atoms with E-state index in [2.05, 4.69) is 48.1 Å². The van der Waals surface area contributed by atoms with E-state index in [1.54, 1.807) is 14.2 Å². The number of carbonyl (C=O) groups is 1. The summed E-state index contributed by atoms with van der Waals surface area (Å²) in [5, 5.41) is 10.7. The largest absolute Gasteiger partial charge is 0.493 e. The van der Waals surface area contributed by atoms with Gasteiger partial charge in [0.05, 0.1) is 19.9 Å². The molecule has 2 N–H and O–H groups in total. The number of hydrogen-bond donors (Lipinski definition) is 2. The molecule has 0 saturated carbocycles. The predicted octanol–water partition coefficient (Wildman–Crippen LogP) is 3.82. The first kappa shape index (κ1) is 22.2. The third-order valence-corrected chi connectivity index (χ3v) is 5.86. The van der Waals surface area contributed by atoms with Gasteiger partial charge in [-0.05, 0) is 50.8 Å². The standard InChI is InChI=1S/C23H34N4O3/c1-14(2)20-21(16-7-8-18(29-5)19(13-16)30-6)25-26-22(20)23(28)24-17-9-11-27(12-10-17)15(3)4/h7-8,13-15,17H,9-12H2,1-6H3,(H,24,28)(H,25,26). The maximum atomic E-state index is 13.1. The number of methoxy groups -OCH3 is 2. The Morgan fingerprint density at radius 1 is 1.13 bits per heavy atom. The monoisotopic (exact) mass is 414 g/mol. The average Bonchev–Trinajstić information content (AvgIpc) is 3.19. The van der Waals surface area contributed by atoms with Crippen molar-refractivity contribution >= 4 is 5.91 Å². The Morgan fingerprint density at radius 3 is 2.37 bits per heavy atom. The summed E-state index contributed by atoms with van der Waals surface area (Å²) in [6.07, 6.45) is 1.94. The highest BCUT2D eigenvalue weighted by Gasteiger charge is 2.27. The Labute approximate surface area is 179 Å². The SMILES string of the molecule is COc1ccc(-c2n[nH]c(C(=O)NC3CCN(C(C)C)CC3)c2C(C)C)cc1OC. The molecule has 1 amide bonds. The van der Waals surface area contributed by atoms with Crippen LogP contribution in [0.5, 0.6) is 11.5 Å². The lowest BCUT2D eigenvalue weighted by atomic mass is 9.95. The molecule has 0 spiro atoms. The Bertz CT molecular complexity index is 867. The van der Waals surface area contributed by atoms with Gasteiger partial charge in [-0.3, -0.25) is 9.89 Å². The number of benzene rings is 1. The zero-order valence-electron chi connectivity index (χ0n) is 18.9. The van der Waals surface area contributed by atoms with Crippen LogP contribution in [0.25, 0.3) is 11.3 Å². The topological polar surface area (TPSA) is 79.5 Å². The van der Waals surface area contributed by atoms with Crippen LogP contribution >= 0.6 is 0 Å². The summed E-state index contributed by atoms with van der Waals surface area (Å²) >= 11 is 0. The second kappa shape index (κ2) is 9.51. The summed E-state index contributed by atoms with van der Waals surface area (Å²) < 4.78 is 10.8. The third-order valence-electron chi connectivity index (χ3n) is 5.86. The molecule has 1 fully saturated rings. The number of piperidine rings is 1. The summed E-state index contributed by atoms with van der Waals surface area (Å²) in [6, 6.07) is 6.43. The third kappa shape index (κ3) is 4.61. The highest BCUT2D eigenvalue weighted by atomic mass is 16.5. The molecule has 1 aromatic carbocycles. The van der Waals surface area contributed by atoms with E-state index in [0.717, 1.165) is 42.8 Å². The average molecular weight is 415 g/mol. The lowest BCUT2D eigenvalue weighted by molar-refractivity contribution is 0.0894. The number of nitrogens with one attached hydrogen (secondary N) is 2. The highest BCUT2D eigenvalue weighted by Crippen LogP contribution is 2.35. The molecule has 0 bridgehead atoms. The van der Waals surface area contributed by atoms with Gasteiger partial charge in [-0.25, -0.2) is 0 Å². The lowest BCUT2D eigenvalue weighted by Crippen LogP contribution is -2.46. The van der Waals surface area contributed by atoms with Crippen LogP contribution in [0.15, 0.2) is 18.2 Å². The van der Waals surface area contributed by atoms with Crippen LogP contribution in [0.2, 0.25) is 0 Å². The van der Waals surface area contributed by atoms with Gasteiger partial charge in [-0.1, -0.05) is 13.8 Å². The Balaban J connectivity index is 1.82. The van der Waals surface area contributed by atoms with Gasteiger partial charge in [0.1, 0.15) is 5.69 Å². The maximum Gasteiger partial charge on any atom is 0.269 e. The molecule has 1 saturated heterocycles. The molecule has 0 radical (unpaired) electrons. The first-order valence-electron chi connectivity index (χ1n) is 10.7. The van der Waals surface area contributed by atoms with Crippen molar-refractivity contribution in [3.05, 3.63) is 29.5 Å². The molecule has 30 heavy (non-hydrogen) atoms. The molecule has 0 aliphatic carbocycles. The van der Waals surface area contributed by atoms with Gasteiger partial charge in [-0.15, -0.1) is 0 Å². The van der Waals surface area contributed by atoms with Gasteiger partial charge in [0.25, 0.3) is 5.91 Å². The second-order valence-electron chi connectivity index (χ2n) is 8.46. The number of nitrogens with zero attached hydrogens (tertiary/aromatic N) is 2. The summed E-state index contributed by atoms with van der Waals surface area (Å²) in [4.78, 5) is 15.5. The van der Waals surface area contributed by atoms with Crippen LogP contribution < -0.4 is 14.8 Å². The molecule has 7 heteroatoms. The summed E-state index contributed by atoms with van der Waals surface area (Å²) in [7, 11) is 3.22. The van der Waals surface area contributed by atoms with Gasteiger partial charge < -0.3 is 19.7 Å². The second-order valence-corrected chi connectivity index (χ2v) is 8.46. The van der Waals surface area contributed by atoms with Crippen molar-refractivity contribution in [2.75, 3.05) is 27.3 Å². The summed E-state index contributed by atoms with van der Waals surface area (Å²) in [5.74, 6) is 1.35. The van der Waals surface area contributed by atoms with Crippen LogP contribution in [0.3, 0.4) is 0 Å². The molecular weight excluding hydrogens is 380 g/mol. The van der Waals surface area contributed by atoms with Crippen molar-refractivity contribution in [3.8, 4) is 22.8 Å². The van der Waals surface area contributed by atoms with Crippen LogP contribution in [-0.2, 0) is 0 Å². The van der Waals surface area contributed by atoms with Crippen molar-refractivity contribution in [1.82, 2.24) is 20.4 Å². The zero-order valence-corrected chi connectivity index (χ0v) is 18.9. The van der Waals surface area contributed by atoms with Crippen molar-refractivity contribution < 1.29 is 14.3 Å². The number of aromatic nitrogens is 2. The fourth-order valence-electron chi connectivity index (χ4n) is 4.11. The van der Waals surface area contributed by atoms with Gasteiger partial charge in [0.15, 0.2) is 11.5 Å². The fraction of sp³-hybridized carbons (Fsp3) is 0.565. The Kier molecular flexibility index (Phi) is 7.02. The molecule has 2 heterocycles. The molecule has 1 aliphatic rings. The van der Waals surface area contributed by atoms with Crippen LogP contribution in [0.4, 0.5) is 0 Å². The number of carbonyl (C=O) groups excluding carboxylic acids is 1. The minimum atomic E-state index is -0.0825. The number of aromatic amines is 1. The smallest absolute Gasteiger partial charge is 0.269 e. The minimum Gasteiger partial charge on any atom is -0.493 e. The van der Waals surface area contributed by atoms with Crippen molar-refractivity contribution in [2.24, 2.45) is 0 Å². The van der Waals surface area contributed by atoms with Crippen molar-refractivity contribution in [1.29, 1.82) is 0 Å². The number of amides is 1. The number of rotatable bonds is 7. The number of hydrogen-bond acceptors (Lipinski definition) is 5.